The van der Waals surface area contributed by atoms with Crippen molar-refractivity contribution >= 4 is 47.9 Å². The third kappa shape index (κ3) is 39.8. The molecule has 0 aromatic heterocycles. The first-order valence-corrected chi connectivity index (χ1v) is 22.7. The number of carboxylic acid groups (broad SMARTS) is 3. The summed E-state index contributed by atoms with van der Waals surface area (Å²) in [5.74, 6) is -4.76. The molecule has 19 heteroatoms. The van der Waals surface area contributed by atoms with E-state index in [0.717, 1.165) is 38.5 Å². The van der Waals surface area contributed by atoms with E-state index in [2.05, 4.69) is 26.6 Å². The molecule has 0 aliphatic carbocycles. The fraction of sp³-hybridized carbons (Fsp3) is 0.814. The summed E-state index contributed by atoms with van der Waals surface area (Å²) in [7, 11) is 0. The first kappa shape index (κ1) is 57.6. The van der Waals surface area contributed by atoms with Crippen LogP contribution in [-0.2, 0) is 52.6 Å². The molecule has 8 N–H and O–H groups in total. The fourth-order valence-electron chi connectivity index (χ4n) is 6.29. The van der Waals surface area contributed by atoms with Gasteiger partial charge in [-0.3, -0.25) is 33.6 Å². The van der Waals surface area contributed by atoms with Gasteiger partial charge >= 0.3 is 17.9 Å². The molecule has 0 aromatic carbocycles. The molecule has 0 spiro atoms. The number of carbonyl (C=O) groups is 8. The van der Waals surface area contributed by atoms with Gasteiger partial charge in [-0.05, 0) is 38.5 Å². The molecule has 0 bridgehead atoms. The lowest BCUT2D eigenvalue weighted by atomic mass is 10.0. The number of hydrogen-bond donors (Lipinski definition) is 8. The van der Waals surface area contributed by atoms with E-state index in [1.165, 1.54) is 57.8 Å². The van der Waals surface area contributed by atoms with Crippen molar-refractivity contribution < 1.29 is 67.9 Å². The Morgan fingerprint density at radius 2 is 0.855 bits per heavy atom. The summed E-state index contributed by atoms with van der Waals surface area (Å²) in [6.45, 7) is 2.32. The summed E-state index contributed by atoms with van der Waals surface area (Å²) in [5.41, 5.74) is 0. The number of nitrogens with one attached hydrogen (secondary N) is 5. The van der Waals surface area contributed by atoms with Crippen molar-refractivity contribution in [3.63, 3.8) is 0 Å². The summed E-state index contributed by atoms with van der Waals surface area (Å²) in [5, 5.41) is 39.6. The molecule has 0 aliphatic heterocycles. The van der Waals surface area contributed by atoms with Crippen molar-refractivity contribution in [2.75, 3.05) is 59.3 Å². The second-order valence-corrected chi connectivity index (χ2v) is 15.3. The van der Waals surface area contributed by atoms with Crippen LogP contribution in [0.5, 0.6) is 0 Å². The molecule has 19 nitrogen and oxygen atoms in total. The van der Waals surface area contributed by atoms with Crippen LogP contribution in [-0.4, -0.2) is 135 Å². The van der Waals surface area contributed by atoms with Crippen LogP contribution in [0.4, 0.5) is 0 Å². The smallest absolute Gasteiger partial charge is 0.326 e. The number of carbonyl (C=O) groups excluding carboxylic acids is 5. The number of aliphatic carboxylic acids is 3. The number of carboxylic acids is 3. The van der Waals surface area contributed by atoms with Crippen molar-refractivity contribution in [1.29, 1.82) is 0 Å². The van der Waals surface area contributed by atoms with Gasteiger partial charge in [-0.1, -0.05) is 89.9 Å². The molecule has 0 saturated carbocycles. The first-order chi connectivity index (χ1) is 30.0. The Kier molecular flexibility index (Phi) is 39.0. The highest BCUT2D eigenvalue weighted by Gasteiger charge is 2.22. The number of rotatable bonds is 46. The fourth-order valence-corrected chi connectivity index (χ4v) is 6.29. The zero-order valence-electron chi connectivity index (χ0n) is 36.9. The van der Waals surface area contributed by atoms with E-state index in [0.29, 0.717) is 71.9 Å². The molecule has 0 unspecified atom stereocenters. The maximum absolute atomic E-state index is 12.4. The average Bonchev–Trinajstić information content (AvgIpc) is 3.23. The van der Waals surface area contributed by atoms with Gasteiger partial charge in [0.05, 0.1) is 33.0 Å². The second-order valence-electron chi connectivity index (χ2n) is 15.3. The highest BCUT2D eigenvalue weighted by molar-refractivity contribution is 5.89. The van der Waals surface area contributed by atoms with Gasteiger partial charge in [-0.2, -0.15) is 0 Å². The molecule has 0 aliphatic rings. The number of ether oxygens (including phenoxy) is 3. The Bertz CT molecular complexity index is 1240. The largest absolute Gasteiger partial charge is 0.481 e. The van der Waals surface area contributed by atoms with Gasteiger partial charge in [0, 0.05) is 52.0 Å². The van der Waals surface area contributed by atoms with Crippen LogP contribution < -0.4 is 26.6 Å². The standard InChI is InChI=1S/C43H77N5O14/c49-34-44-33-39(52)47-35(22-24-41(55)56)42(57)46-26-18-28-61-30-32-62-31-29-60-27-17-25-45-37(50)23-21-36(43(58)59)48-38(51)19-15-13-11-9-7-5-3-1-2-4-6-8-10-12-14-16-20-40(53)54/h34-36H,1-33H2,(H,44,49)(H,45,50)(H,46,57)(H,47,52)(H,48,51)(H,53,54)(H,55,56)(H,58,59)/t35-,36-/m0/s1. The minimum Gasteiger partial charge on any atom is -0.481 e. The Balaban J connectivity index is 3.74. The van der Waals surface area contributed by atoms with Crippen molar-refractivity contribution in [2.45, 2.75) is 166 Å². The van der Waals surface area contributed by atoms with E-state index in [4.69, 9.17) is 24.4 Å². The first-order valence-electron chi connectivity index (χ1n) is 22.7. The molecule has 0 rings (SSSR count). The number of hydrogen-bond acceptors (Lipinski definition) is 11. The topological polar surface area (TPSA) is 285 Å². The van der Waals surface area contributed by atoms with E-state index >= 15 is 0 Å². The van der Waals surface area contributed by atoms with Crippen molar-refractivity contribution in [2.24, 2.45) is 0 Å². The number of amides is 5. The zero-order chi connectivity index (χ0) is 45.9. The van der Waals surface area contributed by atoms with E-state index in [9.17, 15) is 43.5 Å². The lowest BCUT2D eigenvalue weighted by molar-refractivity contribution is -0.142. The predicted molar refractivity (Wildman–Crippen MR) is 230 cm³/mol. The summed E-state index contributed by atoms with van der Waals surface area (Å²) in [6, 6.07) is -2.17. The van der Waals surface area contributed by atoms with Gasteiger partial charge in [-0.15, -0.1) is 0 Å². The van der Waals surface area contributed by atoms with Gasteiger partial charge in [0.2, 0.25) is 30.0 Å². The van der Waals surface area contributed by atoms with Crippen LogP contribution in [0.15, 0.2) is 0 Å². The van der Waals surface area contributed by atoms with Gasteiger partial charge in [0.1, 0.15) is 12.1 Å². The zero-order valence-corrected chi connectivity index (χ0v) is 36.9. The molecule has 0 aromatic rings. The quantitative estimate of drug-likeness (QED) is 0.0320. The lowest BCUT2D eigenvalue weighted by Crippen LogP contribution is -2.49. The van der Waals surface area contributed by atoms with Crippen LogP contribution in [0, 0.1) is 0 Å². The van der Waals surface area contributed by atoms with E-state index in [-0.39, 0.29) is 63.4 Å². The monoisotopic (exact) mass is 888 g/mol. The number of unbranched alkanes of at least 4 members (excludes halogenated alkanes) is 15. The Labute approximate surface area is 367 Å². The van der Waals surface area contributed by atoms with Crippen LogP contribution >= 0.6 is 0 Å². The molecular weight excluding hydrogens is 810 g/mol. The molecule has 0 fully saturated rings. The molecule has 0 radical (unpaired) electrons. The molecule has 5 amide bonds. The van der Waals surface area contributed by atoms with Crippen molar-refractivity contribution in [1.82, 2.24) is 26.6 Å². The maximum Gasteiger partial charge on any atom is 0.326 e. The lowest BCUT2D eigenvalue weighted by Gasteiger charge is -2.17. The summed E-state index contributed by atoms with van der Waals surface area (Å²) in [6.07, 6.45) is 19.3. The van der Waals surface area contributed by atoms with Gasteiger partial charge < -0.3 is 56.1 Å². The summed E-state index contributed by atoms with van der Waals surface area (Å²) >= 11 is 0. The van der Waals surface area contributed by atoms with Crippen molar-refractivity contribution in [3.05, 3.63) is 0 Å². The third-order valence-corrected chi connectivity index (χ3v) is 9.78. The second kappa shape index (κ2) is 42.0. The molecule has 0 saturated heterocycles. The van der Waals surface area contributed by atoms with Crippen LogP contribution in [0.3, 0.4) is 0 Å². The Morgan fingerprint density at radius 3 is 1.32 bits per heavy atom. The molecule has 0 heterocycles. The van der Waals surface area contributed by atoms with Crippen molar-refractivity contribution in [3.8, 4) is 0 Å². The molecule has 358 valence electrons. The van der Waals surface area contributed by atoms with Gasteiger partial charge in [-0.25, -0.2) is 4.79 Å². The van der Waals surface area contributed by atoms with E-state index < -0.39 is 41.8 Å². The van der Waals surface area contributed by atoms with E-state index in [1.807, 2.05) is 0 Å². The summed E-state index contributed by atoms with van der Waals surface area (Å²) in [4.78, 5) is 92.2. The van der Waals surface area contributed by atoms with Crippen LogP contribution in [0.25, 0.3) is 0 Å². The average molecular weight is 888 g/mol. The van der Waals surface area contributed by atoms with E-state index in [1.54, 1.807) is 0 Å². The third-order valence-electron chi connectivity index (χ3n) is 9.78. The van der Waals surface area contributed by atoms with Crippen LogP contribution in [0.1, 0.15) is 154 Å². The van der Waals surface area contributed by atoms with Crippen LogP contribution in [0.2, 0.25) is 0 Å². The highest BCUT2D eigenvalue weighted by atomic mass is 16.5. The van der Waals surface area contributed by atoms with Gasteiger partial charge in [0.15, 0.2) is 0 Å². The normalized spacial score (nSPS) is 11.9. The van der Waals surface area contributed by atoms with Gasteiger partial charge in [0.25, 0.3) is 0 Å². The Morgan fingerprint density at radius 1 is 0.435 bits per heavy atom. The minimum absolute atomic E-state index is 0.00205. The maximum atomic E-state index is 12.4. The SMILES string of the molecule is O=CNCC(=O)N[C@@H](CCC(=O)O)C(=O)NCCCOCCOCCOCCCNC(=O)CC[C@H](NC(=O)CCCCCCCCCCCCCCCCCCC(=O)O)C(=O)O. The predicted octanol–water partition coefficient (Wildman–Crippen LogP) is 3.60. The summed E-state index contributed by atoms with van der Waals surface area (Å²) < 4.78 is 16.4. The minimum atomic E-state index is -1.17. The molecule has 62 heavy (non-hydrogen) atoms. The highest BCUT2D eigenvalue weighted by Crippen LogP contribution is 2.14. The Hall–Kier alpha value is -4.36. The molecular formula is C43H77N5O14. The molecule has 2 atom stereocenters.